The molecule has 0 rings (SSSR count). The third-order valence-electron chi connectivity index (χ3n) is 1.26. The predicted octanol–water partition coefficient (Wildman–Crippen LogP) is 1.25. The molecule has 0 atom stereocenters. The summed E-state index contributed by atoms with van der Waals surface area (Å²) in [6.45, 7) is 4.70. The maximum atomic E-state index is 9.98. The highest BCUT2D eigenvalue weighted by molar-refractivity contribution is 4.36. The van der Waals surface area contributed by atoms with Crippen molar-refractivity contribution in [3.05, 3.63) is 0 Å². The lowest BCUT2D eigenvalue weighted by atomic mass is 10.3. The Bertz CT molecular complexity index is 58.4. The molecule has 0 saturated carbocycles. The Hall–Kier alpha value is -0.120. The first-order valence-corrected chi connectivity index (χ1v) is 4.15. The molecular formula is C8H17O3. The van der Waals surface area contributed by atoms with Crippen molar-refractivity contribution < 1.29 is 14.6 Å². The summed E-state index contributed by atoms with van der Waals surface area (Å²) in [5.41, 5.74) is 0. The zero-order chi connectivity index (χ0) is 8.36. The van der Waals surface area contributed by atoms with Gasteiger partial charge in [0.05, 0.1) is 19.8 Å². The highest BCUT2D eigenvalue weighted by atomic mass is 16.5. The van der Waals surface area contributed by atoms with E-state index >= 15 is 0 Å². The standard InChI is InChI=1S/C8H17O3/c1-2-10-7-8-11-6-4-3-5-9/h2-8H2,1H3. The minimum Gasteiger partial charge on any atom is -0.379 e. The lowest BCUT2D eigenvalue weighted by Crippen LogP contribution is -2.05. The molecular weight excluding hydrogens is 144 g/mol. The summed E-state index contributed by atoms with van der Waals surface area (Å²) in [5.74, 6) is 0. The molecule has 0 aromatic heterocycles. The first kappa shape index (κ1) is 10.9. The number of unbranched alkanes of at least 4 members (excludes halogenated alkanes) is 1. The van der Waals surface area contributed by atoms with Gasteiger partial charge in [0.1, 0.15) is 0 Å². The fourth-order valence-corrected chi connectivity index (χ4v) is 0.670. The molecule has 0 aliphatic rings. The van der Waals surface area contributed by atoms with E-state index in [0.29, 0.717) is 26.2 Å². The molecule has 11 heavy (non-hydrogen) atoms. The van der Waals surface area contributed by atoms with Crippen LogP contribution in [0.2, 0.25) is 0 Å². The predicted molar refractivity (Wildman–Crippen MR) is 42.1 cm³/mol. The molecule has 3 nitrogen and oxygen atoms in total. The van der Waals surface area contributed by atoms with Gasteiger partial charge in [-0.3, -0.25) is 0 Å². The van der Waals surface area contributed by atoms with Crippen molar-refractivity contribution in [2.24, 2.45) is 0 Å². The third kappa shape index (κ3) is 9.88. The van der Waals surface area contributed by atoms with Crippen molar-refractivity contribution in [3.8, 4) is 0 Å². The molecule has 0 aromatic rings. The van der Waals surface area contributed by atoms with E-state index < -0.39 is 0 Å². The zero-order valence-corrected chi connectivity index (χ0v) is 7.17. The maximum absolute atomic E-state index is 9.98. The summed E-state index contributed by atoms with van der Waals surface area (Å²) >= 11 is 0. The Morgan fingerprint density at radius 2 is 1.73 bits per heavy atom. The molecule has 0 aliphatic heterocycles. The Morgan fingerprint density at radius 1 is 1.00 bits per heavy atom. The van der Waals surface area contributed by atoms with Crippen LogP contribution in [0.25, 0.3) is 0 Å². The van der Waals surface area contributed by atoms with Crippen LogP contribution in [0.15, 0.2) is 0 Å². The van der Waals surface area contributed by atoms with Crippen LogP contribution in [0.4, 0.5) is 0 Å². The molecule has 0 bridgehead atoms. The van der Waals surface area contributed by atoms with Gasteiger partial charge in [-0.2, -0.15) is 0 Å². The number of rotatable bonds is 8. The lowest BCUT2D eigenvalue weighted by molar-refractivity contribution is 0.0488. The second-order valence-corrected chi connectivity index (χ2v) is 2.22. The van der Waals surface area contributed by atoms with Gasteiger partial charge in [0.25, 0.3) is 0 Å². The number of ether oxygens (including phenoxy) is 2. The van der Waals surface area contributed by atoms with Crippen molar-refractivity contribution in [2.45, 2.75) is 19.8 Å². The normalized spacial score (nSPS) is 10.4. The van der Waals surface area contributed by atoms with E-state index in [-0.39, 0.29) is 6.61 Å². The topological polar surface area (TPSA) is 38.4 Å². The van der Waals surface area contributed by atoms with E-state index in [9.17, 15) is 5.11 Å². The smallest absolute Gasteiger partial charge is 0.0823 e. The molecule has 0 heterocycles. The third-order valence-corrected chi connectivity index (χ3v) is 1.26. The van der Waals surface area contributed by atoms with Crippen LogP contribution in [-0.4, -0.2) is 33.0 Å². The van der Waals surface area contributed by atoms with Crippen LogP contribution in [0, 0.1) is 0 Å². The minimum absolute atomic E-state index is 0.00875. The average Bonchev–Trinajstić information content (AvgIpc) is 2.03. The lowest BCUT2D eigenvalue weighted by Gasteiger charge is -2.02. The van der Waals surface area contributed by atoms with Crippen LogP contribution in [0.1, 0.15) is 19.8 Å². The van der Waals surface area contributed by atoms with Crippen LogP contribution in [0.5, 0.6) is 0 Å². The molecule has 0 aromatic carbocycles. The second-order valence-electron chi connectivity index (χ2n) is 2.22. The fourth-order valence-electron chi connectivity index (χ4n) is 0.670. The van der Waals surface area contributed by atoms with Gasteiger partial charge < -0.3 is 9.47 Å². The summed E-state index contributed by atoms with van der Waals surface area (Å²) in [6.07, 6.45) is 1.59. The van der Waals surface area contributed by atoms with Crippen molar-refractivity contribution in [2.75, 3.05) is 33.0 Å². The molecule has 0 spiro atoms. The van der Waals surface area contributed by atoms with Crippen molar-refractivity contribution >= 4 is 0 Å². The van der Waals surface area contributed by atoms with Gasteiger partial charge >= 0.3 is 0 Å². The van der Waals surface area contributed by atoms with Crippen molar-refractivity contribution in [1.82, 2.24) is 0 Å². The monoisotopic (exact) mass is 161 g/mol. The van der Waals surface area contributed by atoms with Crippen LogP contribution in [0.3, 0.4) is 0 Å². The summed E-state index contributed by atoms with van der Waals surface area (Å²) in [6, 6.07) is 0. The van der Waals surface area contributed by atoms with E-state index in [1.165, 1.54) is 0 Å². The van der Waals surface area contributed by atoms with E-state index in [4.69, 9.17) is 9.47 Å². The van der Waals surface area contributed by atoms with E-state index in [1.54, 1.807) is 0 Å². The van der Waals surface area contributed by atoms with E-state index in [2.05, 4.69) is 0 Å². The molecule has 0 aliphatic carbocycles. The molecule has 0 amide bonds. The Kier molecular flexibility index (Phi) is 9.77. The summed E-state index contributed by atoms with van der Waals surface area (Å²) in [5, 5.41) is 9.98. The van der Waals surface area contributed by atoms with E-state index in [1.807, 2.05) is 6.92 Å². The number of hydrogen-bond donors (Lipinski definition) is 0. The molecule has 67 valence electrons. The maximum Gasteiger partial charge on any atom is 0.0823 e. The molecule has 0 N–H and O–H groups in total. The van der Waals surface area contributed by atoms with Crippen LogP contribution >= 0.6 is 0 Å². The van der Waals surface area contributed by atoms with Crippen molar-refractivity contribution in [3.63, 3.8) is 0 Å². The Morgan fingerprint density at radius 3 is 2.36 bits per heavy atom. The van der Waals surface area contributed by atoms with Gasteiger partial charge in [-0.1, -0.05) is 0 Å². The zero-order valence-electron chi connectivity index (χ0n) is 7.17. The van der Waals surface area contributed by atoms with Gasteiger partial charge in [0.15, 0.2) is 0 Å². The Balaban J connectivity index is 2.69. The van der Waals surface area contributed by atoms with Gasteiger partial charge in [0, 0.05) is 13.2 Å². The molecule has 0 fully saturated rings. The van der Waals surface area contributed by atoms with Crippen molar-refractivity contribution in [1.29, 1.82) is 0 Å². The second kappa shape index (κ2) is 9.88. The van der Waals surface area contributed by atoms with E-state index in [0.717, 1.165) is 13.0 Å². The summed E-state index contributed by atoms with van der Waals surface area (Å²) in [4.78, 5) is 0. The molecule has 0 saturated heterocycles. The van der Waals surface area contributed by atoms with Gasteiger partial charge in [-0.05, 0) is 19.8 Å². The first-order chi connectivity index (χ1) is 5.41. The quantitative estimate of drug-likeness (QED) is 0.502. The summed E-state index contributed by atoms with van der Waals surface area (Å²) in [7, 11) is 0. The molecule has 3 heteroatoms. The fraction of sp³-hybridized carbons (Fsp3) is 1.00. The van der Waals surface area contributed by atoms with Gasteiger partial charge in [0.2, 0.25) is 0 Å². The minimum atomic E-state index is 0.00875. The highest BCUT2D eigenvalue weighted by Gasteiger charge is 1.88. The van der Waals surface area contributed by atoms with Crippen LogP contribution in [-0.2, 0) is 14.6 Å². The molecule has 1 radical (unpaired) electrons. The summed E-state index contributed by atoms with van der Waals surface area (Å²) < 4.78 is 10.2. The average molecular weight is 161 g/mol. The van der Waals surface area contributed by atoms with Crippen LogP contribution < -0.4 is 0 Å². The SMILES string of the molecule is CCOCCOCCCC[O]. The van der Waals surface area contributed by atoms with Gasteiger partial charge in [-0.25, -0.2) is 5.11 Å². The Labute approximate surface area is 68.3 Å². The highest BCUT2D eigenvalue weighted by Crippen LogP contribution is 1.88. The van der Waals surface area contributed by atoms with Gasteiger partial charge in [-0.15, -0.1) is 0 Å². The number of hydrogen-bond acceptors (Lipinski definition) is 2. The largest absolute Gasteiger partial charge is 0.379 e. The molecule has 0 unspecified atom stereocenters. The first-order valence-electron chi connectivity index (χ1n) is 4.15.